The normalized spacial score (nSPS) is 12.8. The summed E-state index contributed by atoms with van der Waals surface area (Å²) in [7, 11) is 0. The number of anilines is 2. The van der Waals surface area contributed by atoms with Crippen LogP contribution in [0.25, 0.3) is 0 Å². The fourth-order valence-electron chi connectivity index (χ4n) is 2.62. The Morgan fingerprint density at radius 3 is 2.76 bits per heavy atom. The zero-order valence-corrected chi connectivity index (χ0v) is 13.2. The van der Waals surface area contributed by atoms with E-state index in [-0.39, 0.29) is 12.5 Å². The molecule has 0 aromatic heterocycles. The highest BCUT2D eigenvalue weighted by Crippen LogP contribution is 2.25. The van der Waals surface area contributed by atoms with E-state index in [1.165, 1.54) is 24.0 Å². The minimum absolute atomic E-state index is 0.0533. The summed E-state index contributed by atoms with van der Waals surface area (Å²) in [5.74, 6) is -0.0533. The van der Waals surface area contributed by atoms with Crippen molar-refractivity contribution in [3.63, 3.8) is 0 Å². The van der Waals surface area contributed by atoms with Gasteiger partial charge in [-0.2, -0.15) is 0 Å². The zero-order valence-electron chi connectivity index (χ0n) is 11.7. The highest BCUT2D eigenvalue weighted by Gasteiger charge is 2.11. The van der Waals surface area contributed by atoms with E-state index in [0.717, 1.165) is 22.3 Å². The molecule has 0 saturated heterocycles. The molecule has 108 valence electrons. The van der Waals surface area contributed by atoms with Crippen molar-refractivity contribution in [2.45, 2.75) is 19.3 Å². The Kier molecular flexibility index (Phi) is 4.25. The molecule has 0 atom stereocenters. The van der Waals surface area contributed by atoms with E-state index < -0.39 is 0 Å². The van der Waals surface area contributed by atoms with Gasteiger partial charge in [0.25, 0.3) is 0 Å². The quantitative estimate of drug-likeness (QED) is 0.880. The van der Waals surface area contributed by atoms with E-state index in [1.807, 2.05) is 24.3 Å². The molecule has 3 rings (SSSR count). The molecular weight excluding hydrogens is 328 g/mol. The van der Waals surface area contributed by atoms with Gasteiger partial charge in [-0.1, -0.05) is 18.2 Å². The monoisotopic (exact) mass is 344 g/mol. The van der Waals surface area contributed by atoms with Gasteiger partial charge in [-0.15, -0.1) is 0 Å². The Hall–Kier alpha value is -1.81. The van der Waals surface area contributed by atoms with Crippen LogP contribution in [-0.4, -0.2) is 12.5 Å². The Labute approximate surface area is 132 Å². The number of carbonyl (C=O) groups is 1. The third kappa shape index (κ3) is 3.45. The molecule has 0 heterocycles. The predicted octanol–water partition coefficient (Wildman–Crippen LogP) is 3.99. The number of nitrogens with one attached hydrogen (secondary N) is 2. The van der Waals surface area contributed by atoms with Gasteiger partial charge in [-0.3, -0.25) is 4.79 Å². The highest BCUT2D eigenvalue weighted by atomic mass is 79.9. The molecule has 2 aromatic carbocycles. The van der Waals surface area contributed by atoms with Gasteiger partial charge in [-0.05, 0) is 70.6 Å². The molecule has 2 aromatic rings. The molecule has 0 fully saturated rings. The lowest BCUT2D eigenvalue weighted by Gasteiger charge is -2.10. The molecule has 1 amide bonds. The molecule has 3 nitrogen and oxygen atoms in total. The van der Waals surface area contributed by atoms with Crippen molar-refractivity contribution < 1.29 is 4.79 Å². The van der Waals surface area contributed by atoms with Gasteiger partial charge in [0.2, 0.25) is 5.91 Å². The van der Waals surface area contributed by atoms with Crippen LogP contribution in [0.5, 0.6) is 0 Å². The van der Waals surface area contributed by atoms with Crippen LogP contribution in [0.2, 0.25) is 0 Å². The number of carbonyl (C=O) groups excluding carboxylic acids is 1. The molecule has 2 N–H and O–H groups in total. The second kappa shape index (κ2) is 6.31. The second-order valence-electron chi connectivity index (χ2n) is 5.22. The SMILES string of the molecule is O=C(CNc1ccc2c(c1)CCC2)Nc1ccccc1Br. The number of hydrogen-bond donors (Lipinski definition) is 2. The van der Waals surface area contributed by atoms with Crippen molar-refractivity contribution in [3.8, 4) is 0 Å². The van der Waals surface area contributed by atoms with Crippen LogP contribution in [0.4, 0.5) is 11.4 Å². The van der Waals surface area contributed by atoms with Crippen molar-refractivity contribution in [1.82, 2.24) is 0 Å². The largest absolute Gasteiger partial charge is 0.376 e. The van der Waals surface area contributed by atoms with E-state index in [2.05, 4.69) is 44.8 Å². The molecule has 0 saturated carbocycles. The Bertz CT molecular complexity index is 670. The molecule has 0 spiro atoms. The van der Waals surface area contributed by atoms with Crippen LogP contribution in [-0.2, 0) is 17.6 Å². The first-order chi connectivity index (χ1) is 10.2. The molecular formula is C17H17BrN2O. The van der Waals surface area contributed by atoms with Crippen LogP contribution in [0.3, 0.4) is 0 Å². The van der Waals surface area contributed by atoms with Gasteiger partial charge >= 0.3 is 0 Å². The van der Waals surface area contributed by atoms with Gasteiger partial charge in [0, 0.05) is 10.2 Å². The zero-order chi connectivity index (χ0) is 14.7. The summed E-state index contributed by atoms with van der Waals surface area (Å²) in [6.07, 6.45) is 3.56. The first-order valence-electron chi connectivity index (χ1n) is 7.12. The average Bonchev–Trinajstić information content (AvgIpc) is 2.95. The van der Waals surface area contributed by atoms with Crippen LogP contribution in [0.1, 0.15) is 17.5 Å². The number of benzene rings is 2. The Morgan fingerprint density at radius 2 is 1.90 bits per heavy atom. The number of halogens is 1. The van der Waals surface area contributed by atoms with Gasteiger partial charge < -0.3 is 10.6 Å². The Morgan fingerprint density at radius 1 is 1.10 bits per heavy atom. The number of amides is 1. The third-order valence-corrected chi connectivity index (χ3v) is 4.39. The van der Waals surface area contributed by atoms with E-state index in [4.69, 9.17) is 0 Å². The summed E-state index contributed by atoms with van der Waals surface area (Å²) in [5.41, 5.74) is 4.65. The van der Waals surface area contributed by atoms with Crippen molar-refractivity contribution in [1.29, 1.82) is 0 Å². The number of rotatable bonds is 4. The van der Waals surface area contributed by atoms with Gasteiger partial charge in [0.15, 0.2) is 0 Å². The molecule has 4 heteroatoms. The molecule has 21 heavy (non-hydrogen) atoms. The van der Waals surface area contributed by atoms with E-state index >= 15 is 0 Å². The molecule has 1 aliphatic rings. The number of fused-ring (bicyclic) bond motifs is 1. The molecule has 0 bridgehead atoms. The van der Waals surface area contributed by atoms with E-state index in [0.29, 0.717) is 0 Å². The fourth-order valence-corrected chi connectivity index (χ4v) is 3.01. The van der Waals surface area contributed by atoms with Crippen molar-refractivity contribution in [2.75, 3.05) is 17.2 Å². The topological polar surface area (TPSA) is 41.1 Å². The first-order valence-corrected chi connectivity index (χ1v) is 7.92. The molecule has 0 aliphatic heterocycles. The maximum atomic E-state index is 12.0. The maximum absolute atomic E-state index is 12.0. The van der Waals surface area contributed by atoms with Crippen molar-refractivity contribution in [3.05, 3.63) is 58.1 Å². The highest BCUT2D eigenvalue weighted by molar-refractivity contribution is 9.10. The Balaban J connectivity index is 1.58. The summed E-state index contributed by atoms with van der Waals surface area (Å²) in [5, 5.41) is 6.07. The number of para-hydroxylation sites is 1. The first kappa shape index (κ1) is 14.1. The summed E-state index contributed by atoms with van der Waals surface area (Å²) in [6, 6.07) is 14.0. The summed E-state index contributed by atoms with van der Waals surface area (Å²) in [6.45, 7) is 0.264. The minimum Gasteiger partial charge on any atom is -0.376 e. The van der Waals surface area contributed by atoms with Crippen LogP contribution in [0, 0.1) is 0 Å². The van der Waals surface area contributed by atoms with E-state index in [9.17, 15) is 4.79 Å². The predicted molar refractivity (Wildman–Crippen MR) is 89.7 cm³/mol. The summed E-state index contributed by atoms with van der Waals surface area (Å²) >= 11 is 3.42. The van der Waals surface area contributed by atoms with Gasteiger partial charge in [0.1, 0.15) is 0 Å². The van der Waals surface area contributed by atoms with Gasteiger partial charge in [0.05, 0.1) is 12.2 Å². The summed E-state index contributed by atoms with van der Waals surface area (Å²) < 4.78 is 0.885. The lowest BCUT2D eigenvalue weighted by molar-refractivity contribution is -0.114. The lowest BCUT2D eigenvalue weighted by atomic mass is 10.1. The summed E-state index contributed by atoms with van der Waals surface area (Å²) in [4.78, 5) is 12.0. The third-order valence-electron chi connectivity index (χ3n) is 3.70. The van der Waals surface area contributed by atoms with Crippen molar-refractivity contribution in [2.24, 2.45) is 0 Å². The minimum atomic E-state index is -0.0533. The molecule has 0 unspecified atom stereocenters. The molecule has 1 aliphatic carbocycles. The second-order valence-corrected chi connectivity index (χ2v) is 6.07. The smallest absolute Gasteiger partial charge is 0.243 e. The average molecular weight is 345 g/mol. The van der Waals surface area contributed by atoms with Crippen LogP contribution < -0.4 is 10.6 Å². The maximum Gasteiger partial charge on any atom is 0.243 e. The number of aryl methyl sites for hydroxylation is 2. The van der Waals surface area contributed by atoms with Crippen molar-refractivity contribution >= 4 is 33.2 Å². The lowest BCUT2D eigenvalue weighted by Crippen LogP contribution is -2.21. The van der Waals surface area contributed by atoms with Crippen LogP contribution >= 0.6 is 15.9 Å². The standard InChI is InChI=1S/C17H17BrN2O/c18-15-6-1-2-7-16(15)20-17(21)11-19-14-9-8-12-4-3-5-13(12)10-14/h1-2,6-10,19H,3-5,11H2,(H,20,21). The number of hydrogen-bond acceptors (Lipinski definition) is 2. The fraction of sp³-hybridized carbons (Fsp3) is 0.235. The molecule has 0 radical (unpaired) electrons. The van der Waals surface area contributed by atoms with E-state index in [1.54, 1.807) is 0 Å². The van der Waals surface area contributed by atoms with Gasteiger partial charge in [-0.25, -0.2) is 0 Å². The van der Waals surface area contributed by atoms with Crippen LogP contribution in [0.15, 0.2) is 46.9 Å².